The van der Waals surface area contributed by atoms with Crippen molar-refractivity contribution >= 4 is 44.3 Å². The third-order valence-electron chi connectivity index (χ3n) is 2.82. The summed E-state index contributed by atoms with van der Waals surface area (Å²) in [5.41, 5.74) is 1.03. The monoisotopic (exact) mass is 340 g/mol. The van der Waals surface area contributed by atoms with E-state index in [1.54, 1.807) is 6.92 Å². The standard InChI is InChI=1S/C15H14BrClO2/c1-2-19-15(18)14(17)8-10-3-4-12-9-13(16)6-5-11(12)7-10/h3-7,9,14H,2,8H2,1H3. The summed E-state index contributed by atoms with van der Waals surface area (Å²) < 4.78 is 5.95. The Balaban J connectivity index is 2.17. The molecule has 0 saturated heterocycles. The zero-order valence-electron chi connectivity index (χ0n) is 10.5. The summed E-state index contributed by atoms with van der Waals surface area (Å²) in [7, 11) is 0. The van der Waals surface area contributed by atoms with Gasteiger partial charge < -0.3 is 4.74 Å². The molecule has 0 saturated carbocycles. The number of benzene rings is 2. The van der Waals surface area contributed by atoms with Gasteiger partial charge in [0, 0.05) is 4.47 Å². The van der Waals surface area contributed by atoms with Crippen molar-refractivity contribution in [3.8, 4) is 0 Å². The van der Waals surface area contributed by atoms with Gasteiger partial charge in [0.15, 0.2) is 0 Å². The van der Waals surface area contributed by atoms with Crippen LogP contribution < -0.4 is 0 Å². The van der Waals surface area contributed by atoms with E-state index >= 15 is 0 Å². The molecule has 1 unspecified atom stereocenters. The number of carbonyl (C=O) groups is 1. The lowest BCUT2D eigenvalue weighted by molar-refractivity contribution is -0.142. The second-order valence-corrected chi connectivity index (χ2v) is 5.69. The molecular weight excluding hydrogens is 328 g/mol. The molecule has 2 aromatic rings. The van der Waals surface area contributed by atoms with Crippen molar-refractivity contribution in [2.75, 3.05) is 6.61 Å². The molecule has 0 bridgehead atoms. The molecule has 2 nitrogen and oxygen atoms in total. The molecule has 0 heterocycles. The maximum atomic E-state index is 11.5. The molecule has 0 aliphatic heterocycles. The summed E-state index contributed by atoms with van der Waals surface area (Å²) in [6.07, 6.45) is 0.479. The normalized spacial score (nSPS) is 12.4. The van der Waals surface area contributed by atoms with Crippen LogP contribution in [-0.4, -0.2) is 18.0 Å². The van der Waals surface area contributed by atoms with Gasteiger partial charge in [0.2, 0.25) is 0 Å². The second-order valence-electron chi connectivity index (χ2n) is 4.25. The molecule has 0 aliphatic carbocycles. The summed E-state index contributed by atoms with van der Waals surface area (Å²) >= 11 is 9.48. The van der Waals surface area contributed by atoms with E-state index in [0.717, 1.165) is 20.8 Å². The third-order valence-corrected chi connectivity index (χ3v) is 3.65. The van der Waals surface area contributed by atoms with E-state index in [1.807, 2.05) is 24.3 Å². The number of hydrogen-bond acceptors (Lipinski definition) is 2. The minimum atomic E-state index is -0.632. The van der Waals surface area contributed by atoms with Crippen LogP contribution >= 0.6 is 27.5 Å². The summed E-state index contributed by atoms with van der Waals surface area (Å²) in [4.78, 5) is 11.5. The number of hydrogen-bond donors (Lipinski definition) is 0. The molecular formula is C15H14BrClO2. The van der Waals surface area contributed by atoms with Crippen LogP contribution in [0, 0.1) is 0 Å². The van der Waals surface area contributed by atoms with Gasteiger partial charge in [-0.2, -0.15) is 0 Å². The van der Waals surface area contributed by atoms with E-state index in [9.17, 15) is 4.79 Å². The van der Waals surface area contributed by atoms with Crippen LogP contribution in [0.3, 0.4) is 0 Å². The fourth-order valence-corrected chi connectivity index (χ4v) is 2.54. The van der Waals surface area contributed by atoms with Crippen LogP contribution in [0.25, 0.3) is 10.8 Å². The molecule has 2 aromatic carbocycles. The van der Waals surface area contributed by atoms with Crippen LogP contribution in [0.4, 0.5) is 0 Å². The maximum absolute atomic E-state index is 11.5. The number of carbonyl (C=O) groups excluding carboxylic acids is 1. The van der Waals surface area contributed by atoms with E-state index in [2.05, 4.69) is 28.1 Å². The largest absolute Gasteiger partial charge is 0.465 e. The van der Waals surface area contributed by atoms with E-state index < -0.39 is 5.38 Å². The summed E-state index contributed by atoms with van der Waals surface area (Å²) in [5.74, 6) is -0.361. The molecule has 0 radical (unpaired) electrons. The number of esters is 1. The van der Waals surface area contributed by atoms with Gasteiger partial charge in [-0.15, -0.1) is 11.6 Å². The Kier molecular flexibility index (Phi) is 4.83. The minimum Gasteiger partial charge on any atom is -0.465 e. The highest BCUT2D eigenvalue weighted by Crippen LogP contribution is 2.22. The van der Waals surface area contributed by atoms with Gasteiger partial charge >= 0.3 is 5.97 Å². The predicted molar refractivity (Wildman–Crippen MR) is 81.6 cm³/mol. The van der Waals surface area contributed by atoms with Crippen LogP contribution in [0.1, 0.15) is 12.5 Å². The maximum Gasteiger partial charge on any atom is 0.324 e. The Morgan fingerprint density at radius 3 is 2.68 bits per heavy atom. The highest BCUT2D eigenvalue weighted by Gasteiger charge is 2.17. The highest BCUT2D eigenvalue weighted by molar-refractivity contribution is 9.10. The number of rotatable bonds is 4. The fourth-order valence-electron chi connectivity index (χ4n) is 1.92. The first kappa shape index (κ1) is 14.4. The van der Waals surface area contributed by atoms with Gasteiger partial charge in [-0.25, -0.2) is 0 Å². The van der Waals surface area contributed by atoms with Crippen molar-refractivity contribution in [1.82, 2.24) is 0 Å². The molecule has 0 aliphatic rings. The van der Waals surface area contributed by atoms with Crippen molar-refractivity contribution < 1.29 is 9.53 Å². The smallest absolute Gasteiger partial charge is 0.324 e. The van der Waals surface area contributed by atoms with E-state index in [4.69, 9.17) is 16.3 Å². The molecule has 19 heavy (non-hydrogen) atoms. The van der Waals surface area contributed by atoms with Gasteiger partial charge in [0.25, 0.3) is 0 Å². The molecule has 2 rings (SSSR count). The molecule has 4 heteroatoms. The van der Waals surface area contributed by atoms with Gasteiger partial charge in [-0.1, -0.05) is 40.2 Å². The van der Waals surface area contributed by atoms with Crippen LogP contribution in [0.2, 0.25) is 0 Å². The first-order valence-electron chi connectivity index (χ1n) is 6.09. The Morgan fingerprint density at radius 2 is 1.95 bits per heavy atom. The molecule has 0 N–H and O–H groups in total. The second kappa shape index (κ2) is 6.40. The van der Waals surface area contributed by atoms with Gasteiger partial charge in [0.05, 0.1) is 6.61 Å². The van der Waals surface area contributed by atoms with E-state index in [1.165, 1.54) is 0 Å². The average molecular weight is 342 g/mol. The van der Waals surface area contributed by atoms with Gasteiger partial charge in [0.1, 0.15) is 5.38 Å². The molecule has 0 fully saturated rings. The molecule has 100 valence electrons. The van der Waals surface area contributed by atoms with Crippen LogP contribution in [0.15, 0.2) is 40.9 Å². The van der Waals surface area contributed by atoms with Crippen molar-refractivity contribution in [3.05, 3.63) is 46.4 Å². The predicted octanol–water partition coefficient (Wildman–Crippen LogP) is 4.32. The zero-order chi connectivity index (χ0) is 13.8. The van der Waals surface area contributed by atoms with Gasteiger partial charge in [-0.05, 0) is 41.8 Å². The van der Waals surface area contributed by atoms with Crippen LogP contribution in [-0.2, 0) is 16.0 Å². The quantitative estimate of drug-likeness (QED) is 0.611. The first-order valence-corrected chi connectivity index (χ1v) is 7.32. The Labute approximate surface area is 125 Å². The first-order chi connectivity index (χ1) is 9.10. The summed E-state index contributed by atoms with van der Waals surface area (Å²) in [5, 5.41) is 1.65. The van der Waals surface area contributed by atoms with E-state index in [-0.39, 0.29) is 5.97 Å². The fraction of sp³-hybridized carbons (Fsp3) is 0.267. The molecule has 0 aromatic heterocycles. The Bertz CT molecular complexity index is 598. The number of halogens is 2. The zero-order valence-corrected chi connectivity index (χ0v) is 12.9. The lowest BCUT2D eigenvalue weighted by atomic mass is 10.0. The van der Waals surface area contributed by atoms with Crippen molar-refractivity contribution in [2.24, 2.45) is 0 Å². The Morgan fingerprint density at radius 1 is 1.26 bits per heavy atom. The lowest BCUT2D eigenvalue weighted by Crippen LogP contribution is -2.20. The molecule has 0 amide bonds. The van der Waals surface area contributed by atoms with Gasteiger partial charge in [-0.3, -0.25) is 4.79 Å². The highest BCUT2D eigenvalue weighted by atomic mass is 79.9. The minimum absolute atomic E-state index is 0.355. The number of fused-ring (bicyclic) bond motifs is 1. The molecule has 1 atom stereocenters. The topological polar surface area (TPSA) is 26.3 Å². The van der Waals surface area contributed by atoms with Crippen LogP contribution in [0.5, 0.6) is 0 Å². The van der Waals surface area contributed by atoms with Crippen molar-refractivity contribution in [2.45, 2.75) is 18.7 Å². The Hall–Kier alpha value is -1.06. The summed E-state index contributed by atoms with van der Waals surface area (Å²) in [6, 6.07) is 12.2. The SMILES string of the molecule is CCOC(=O)C(Cl)Cc1ccc2cc(Br)ccc2c1. The van der Waals surface area contributed by atoms with E-state index in [0.29, 0.717) is 13.0 Å². The summed E-state index contributed by atoms with van der Waals surface area (Å²) in [6.45, 7) is 2.13. The lowest BCUT2D eigenvalue weighted by Gasteiger charge is -2.09. The number of alkyl halides is 1. The third kappa shape index (κ3) is 3.71. The average Bonchev–Trinajstić information content (AvgIpc) is 2.39. The number of ether oxygens (including phenoxy) is 1. The van der Waals surface area contributed by atoms with Crippen molar-refractivity contribution in [1.29, 1.82) is 0 Å². The molecule has 0 spiro atoms. The van der Waals surface area contributed by atoms with Crippen molar-refractivity contribution in [3.63, 3.8) is 0 Å².